The highest BCUT2D eigenvalue weighted by Crippen LogP contribution is 2.42. The van der Waals surface area contributed by atoms with E-state index in [2.05, 4.69) is 48.6 Å². The first kappa shape index (κ1) is 22.2. The Balaban J connectivity index is 1.47. The lowest BCUT2D eigenvalue weighted by molar-refractivity contribution is -0.128. The Labute approximate surface area is 194 Å². The first-order valence-electron chi connectivity index (χ1n) is 11.0. The van der Waals surface area contributed by atoms with Crippen LogP contribution in [0.5, 0.6) is 0 Å². The molecule has 0 bridgehead atoms. The van der Waals surface area contributed by atoms with Crippen molar-refractivity contribution in [2.75, 3.05) is 11.4 Å². The minimum atomic E-state index is -0.452. The molecule has 0 radical (unpaired) electrons. The number of anilines is 1. The molecule has 0 aliphatic carbocycles. The van der Waals surface area contributed by atoms with Gasteiger partial charge in [0, 0.05) is 11.4 Å². The van der Waals surface area contributed by atoms with Gasteiger partial charge in [-0.05, 0) is 36.6 Å². The van der Waals surface area contributed by atoms with Gasteiger partial charge in [0.25, 0.3) is 0 Å². The van der Waals surface area contributed by atoms with Crippen molar-refractivity contribution in [2.45, 2.75) is 37.0 Å². The fourth-order valence-electron chi connectivity index (χ4n) is 3.87. The number of fused-ring (bicyclic) bond motifs is 1. The molecule has 2 unspecified atom stereocenters. The summed E-state index contributed by atoms with van der Waals surface area (Å²) in [6.07, 6.45) is 0.771. The van der Waals surface area contributed by atoms with E-state index in [0.29, 0.717) is 13.1 Å². The van der Waals surface area contributed by atoms with Gasteiger partial charge in [-0.2, -0.15) is 0 Å². The Morgan fingerprint density at radius 2 is 1.66 bits per heavy atom. The molecule has 2 atom stereocenters. The molecule has 0 spiro atoms. The van der Waals surface area contributed by atoms with Crippen molar-refractivity contribution >= 4 is 29.3 Å². The van der Waals surface area contributed by atoms with E-state index in [1.807, 2.05) is 54.3 Å². The molecule has 3 aromatic carbocycles. The second-order valence-corrected chi connectivity index (χ2v) is 9.41. The third-order valence-electron chi connectivity index (χ3n) is 5.80. The van der Waals surface area contributed by atoms with Gasteiger partial charge in [-0.25, -0.2) is 0 Å². The van der Waals surface area contributed by atoms with Crippen LogP contribution in [0.2, 0.25) is 0 Å². The summed E-state index contributed by atoms with van der Waals surface area (Å²) in [5, 5.41) is 2.57. The predicted molar refractivity (Wildman–Crippen MR) is 131 cm³/mol. The first-order chi connectivity index (χ1) is 15.5. The van der Waals surface area contributed by atoms with E-state index in [0.717, 1.165) is 22.6 Å². The lowest BCUT2D eigenvalue weighted by Gasteiger charge is -2.35. The molecule has 32 heavy (non-hydrogen) atoms. The molecule has 1 aliphatic heterocycles. The molecule has 0 saturated carbocycles. The van der Waals surface area contributed by atoms with Crippen LogP contribution in [0.1, 0.15) is 23.6 Å². The van der Waals surface area contributed by atoms with Crippen LogP contribution < -0.4 is 10.2 Å². The summed E-state index contributed by atoms with van der Waals surface area (Å²) < 4.78 is 0. The zero-order valence-electron chi connectivity index (χ0n) is 18.5. The number of nitrogens with zero attached hydrogens (tertiary/aromatic N) is 1. The Bertz CT molecular complexity index is 1080. The van der Waals surface area contributed by atoms with Gasteiger partial charge >= 0.3 is 0 Å². The average Bonchev–Trinajstić information content (AvgIpc) is 2.82. The van der Waals surface area contributed by atoms with E-state index in [1.54, 1.807) is 0 Å². The Hall–Kier alpha value is -3.05. The molecule has 2 amide bonds. The zero-order valence-corrected chi connectivity index (χ0v) is 19.3. The van der Waals surface area contributed by atoms with Crippen LogP contribution >= 0.6 is 11.8 Å². The Kier molecular flexibility index (Phi) is 6.96. The van der Waals surface area contributed by atoms with Gasteiger partial charge in [0.2, 0.25) is 11.8 Å². The van der Waals surface area contributed by atoms with E-state index in [4.69, 9.17) is 0 Å². The van der Waals surface area contributed by atoms with E-state index in [1.165, 1.54) is 22.9 Å². The number of para-hydroxylation sites is 1. The average molecular weight is 445 g/mol. The van der Waals surface area contributed by atoms with Gasteiger partial charge in [-0.3, -0.25) is 9.59 Å². The number of hydrogen-bond donors (Lipinski definition) is 1. The lowest BCUT2D eigenvalue weighted by atomic mass is 10.0. The first-order valence-corrected chi connectivity index (χ1v) is 11.8. The number of carbonyl (C=O) groups is 2. The smallest absolute Gasteiger partial charge is 0.241 e. The van der Waals surface area contributed by atoms with Crippen molar-refractivity contribution in [3.05, 3.63) is 95.6 Å². The van der Waals surface area contributed by atoms with Gasteiger partial charge in [-0.15, -0.1) is 11.8 Å². The number of nitrogens with one attached hydrogen (secondary N) is 1. The lowest BCUT2D eigenvalue weighted by Crippen LogP contribution is -2.47. The Morgan fingerprint density at radius 3 is 2.41 bits per heavy atom. The molecule has 164 valence electrons. The predicted octanol–water partition coefficient (Wildman–Crippen LogP) is 5.00. The maximum absolute atomic E-state index is 13.5. The van der Waals surface area contributed by atoms with Crippen LogP contribution in [0.15, 0.2) is 83.8 Å². The molecule has 0 aromatic heterocycles. The summed E-state index contributed by atoms with van der Waals surface area (Å²) in [5.41, 5.74) is 4.36. The highest BCUT2D eigenvalue weighted by atomic mass is 32.2. The van der Waals surface area contributed by atoms with Crippen LogP contribution in [-0.2, 0) is 22.6 Å². The fourth-order valence-corrected chi connectivity index (χ4v) is 5.15. The number of hydrogen-bond acceptors (Lipinski definition) is 3. The summed E-state index contributed by atoms with van der Waals surface area (Å²) in [5.74, 6) is -0.529. The van der Waals surface area contributed by atoms with E-state index in [-0.39, 0.29) is 11.8 Å². The molecular formula is C27H28N2O2S. The van der Waals surface area contributed by atoms with Crippen LogP contribution in [-0.4, -0.2) is 23.6 Å². The topological polar surface area (TPSA) is 49.4 Å². The number of rotatable bonds is 7. The normalized spacial score (nSPS) is 16.4. The molecular weight excluding hydrogens is 416 g/mol. The van der Waals surface area contributed by atoms with Gasteiger partial charge < -0.3 is 10.2 Å². The molecule has 1 heterocycles. The molecule has 5 heteroatoms. The molecule has 1 aliphatic rings. The summed E-state index contributed by atoms with van der Waals surface area (Å²) in [4.78, 5) is 29.3. The third kappa shape index (κ3) is 5.05. The molecule has 3 aromatic rings. The standard InChI is InChI=1S/C27H28N2O2S/c1-19-12-14-22(15-13-19)18-29-23-10-6-7-11-24(23)32-25(27(29)31)20(2)26(30)28-17-16-21-8-4-3-5-9-21/h3-15,20,25H,16-18H2,1-2H3,(H,28,30). The van der Waals surface area contributed by atoms with Crippen molar-refractivity contribution in [3.8, 4) is 0 Å². The van der Waals surface area contributed by atoms with Gasteiger partial charge in [-0.1, -0.05) is 79.2 Å². The van der Waals surface area contributed by atoms with Crippen molar-refractivity contribution in [3.63, 3.8) is 0 Å². The SMILES string of the molecule is Cc1ccc(CN2C(=O)C(C(C)C(=O)NCCc3ccccc3)Sc3ccccc32)cc1. The Morgan fingerprint density at radius 1 is 0.969 bits per heavy atom. The van der Waals surface area contributed by atoms with Crippen LogP contribution in [0.4, 0.5) is 5.69 Å². The van der Waals surface area contributed by atoms with Crippen molar-refractivity contribution in [2.24, 2.45) is 5.92 Å². The summed E-state index contributed by atoms with van der Waals surface area (Å²) in [7, 11) is 0. The molecule has 0 fully saturated rings. The maximum Gasteiger partial charge on any atom is 0.241 e. The number of amides is 2. The van der Waals surface area contributed by atoms with Gasteiger partial charge in [0.1, 0.15) is 5.25 Å². The highest BCUT2D eigenvalue weighted by molar-refractivity contribution is 8.01. The van der Waals surface area contributed by atoms with Crippen LogP contribution in [0.25, 0.3) is 0 Å². The van der Waals surface area contributed by atoms with Gasteiger partial charge in [0.15, 0.2) is 0 Å². The minimum Gasteiger partial charge on any atom is -0.355 e. The largest absolute Gasteiger partial charge is 0.355 e. The van der Waals surface area contributed by atoms with Crippen molar-refractivity contribution in [1.82, 2.24) is 5.32 Å². The number of thioether (sulfide) groups is 1. The van der Waals surface area contributed by atoms with Crippen molar-refractivity contribution in [1.29, 1.82) is 0 Å². The summed E-state index contributed by atoms with van der Waals surface area (Å²) in [6, 6.07) is 26.3. The van der Waals surface area contributed by atoms with Crippen LogP contribution in [0.3, 0.4) is 0 Å². The second kappa shape index (κ2) is 10.0. The third-order valence-corrected chi connectivity index (χ3v) is 7.27. The van der Waals surface area contributed by atoms with E-state index in [9.17, 15) is 9.59 Å². The monoisotopic (exact) mass is 444 g/mol. The van der Waals surface area contributed by atoms with Gasteiger partial charge in [0.05, 0.1) is 18.2 Å². The van der Waals surface area contributed by atoms with E-state index >= 15 is 0 Å². The minimum absolute atomic E-state index is 0.0139. The highest BCUT2D eigenvalue weighted by Gasteiger charge is 2.39. The van der Waals surface area contributed by atoms with E-state index < -0.39 is 11.2 Å². The molecule has 4 rings (SSSR count). The maximum atomic E-state index is 13.5. The zero-order chi connectivity index (χ0) is 22.5. The number of carbonyl (C=O) groups excluding carboxylic acids is 2. The number of aryl methyl sites for hydroxylation is 1. The number of benzene rings is 3. The molecule has 1 N–H and O–H groups in total. The van der Waals surface area contributed by atoms with Crippen LogP contribution in [0, 0.1) is 12.8 Å². The fraction of sp³-hybridized carbons (Fsp3) is 0.259. The molecule has 0 saturated heterocycles. The summed E-state index contributed by atoms with van der Waals surface area (Å²) in [6.45, 7) is 4.96. The summed E-state index contributed by atoms with van der Waals surface area (Å²) >= 11 is 1.50. The quantitative estimate of drug-likeness (QED) is 0.558. The second-order valence-electron chi connectivity index (χ2n) is 8.23. The van der Waals surface area contributed by atoms with Crippen molar-refractivity contribution < 1.29 is 9.59 Å². The molecule has 4 nitrogen and oxygen atoms in total.